The van der Waals surface area contributed by atoms with Crippen LogP contribution in [0.15, 0.2) is 12.7 Å². The van der Waals surface area contributed by atoms with Crippen molar-refractivity contribution in [2.75, 3.05) is 6.54 Å². The summed E-state index contributed by atoms with van der Waals surface area (Å²) in [6, 6.07) is 0.476. The molecule has 0 spiro atoms. The van der Waals surface area contributed by atoms with Gasteiger partial charge >= 0.3 is 0 Å². The lowest BCUT2D eigenvalue weighted by Crippen LogP contribution is -2.40. The van der Waals surface area contributed by atoms with Crippen molar-refractivity contribution in [2.45, 2.75) is 45.1 Å². The van der Waals surface area contributed by atoms with E-state index in [9.17, 15) is 4.79 Å². The van der Waals surface area contributed by atoms with Crippen LogP contribution in [0.25, 0.3) is 0 Å². The molecule has 1 amide bonds. The molecule has 0 heterocycles. The van der Waals surface area contributed by atoms with Crippen molar-refractivity contribution in [1.29, 1.82) is 0 Å². The molecule has 0 bridgehead atoms. The summed E-state index contributed by atoms with van der Waals surface area (Å²) in [6.07, 6.45) is 8.03. The van der Waals surface area contributed by atoms with Crippen LogP contribution in [0.3, 0.4) is 0 Å². The predicted molar refractivity (Wildman–Crippen MR) is 54.5 cm³/mol. The second-order valence-corrected chi connectivity index (χ2v) is 3.75. The van der Waals surface area contributed by atoms with Gasteiger partial charge in [0.15, 0.2) is 0 Å². The van der Waals surface area contributed by atoms with Gasteiger partial charge < -0.3 is 4.90 Å². The molecule has 0 unspecified atom stereocenters. The Balaban J connectivity index is 2.51. The van der Waals surface area contributed by atoms with Gasteiger partial charge in [0.1, 0.15) is 0 Å². The van der Waals surface area contributed by atoms with Crippen LogP contribution in [0.1, 0.15) is 39.0 Å². The first-order chi connectivity index (χ1) is 6.25. The Bertz CT molecular complexity index is 183. The standard InChI is InChI=1S/C11H19NO/c1-3-9-12(10(2)13)11-7-5-4-6-8-11/h3,11H,1,4-9H2,2H3. The third kappa shape index (κ3) is 2.87. The minimum absolute atomic E-state index is 0.187. The fraction of sp³-hybridized carbons (Fsp3) is 0.727. The van der Waals surface area contributed by atoms with Crippen LogP contribution in [-0.2, 0) is 4.79 Å². The molecule has 1 aliphatic carbocycles. The molecular weight excluding hydrogens is 162 g/mol. The maximum Gasteiger partial charge on any atom is 0.219 e. The third-order valence-electron chi connectivity index (χ3n) is 2.75. The van der Waals surface area contributed by atoms with E-state index in [1.54, 1.807) is 6.92 Å². The average Bonchev–Trinajstić information content (AvgIpc) is 2.15. The first kappa shape index (κ1) is 10.3. The Morgan fingerprint density at radius 1 is 1.46 bits per heavy atom. The van der Waals surface area contributed by atoms with Gasteiger partial charge in [-0.2, -0.15) is 0 Å². The molecule has 0 aromatic carbocycles. The Kier molecular flexibility index (Phi) is 4.00. The zero-order chi connectivity index (χ0) is 9.68. The molecule has 13 heavy (non-hydrogen) atoms. The fourth-order valence-electron chi connectivity index (χ4n) is 2.07. The molecule has 2 heteroatoms. The van der Waals surface area contributed by atoms with E-state index < -0.39 is 0 Å². The quantitative estimate of drug-likeness (QED) is 0.612. The van der Waals surface area contributed by atoms with Gasteiger partial charge in [0, 0.05) is 19.5 Å². The van der Waals surface area contributed by atoms with Crippen molar-refractivity contribution >= 4 is 5.91 Å². The van der Waals surface area contributed by atoms with E-state index in [-0.39, 0.29) is 5.91 Å². The number of hydrogen-bond donors (Lipinski definition) is 0. The number of rotatable bonds is 3. The molecule has 2 nitrogen and oxygen atoms in total. The number of nitrogens with zero attached hydrogens (tertiary/aromatic N) is 1. The average molecular weight is 181 g/mol. The van der Waals surface area contributed by atoms with E-state index in [0.29, 0.717) is 12.6 Å². The second kappa shape index (κ2) is 5.05. The summed E-state index contributed by atoms with van der Waals surface area (Å²) < 4.78 is 0. The van der Waals surface area contributed by atoms with Gasteiger partial charge in [0.25, 0.3) is 0 Å². The van der Waals surface area contributed by atoms with Crippen LogP contribution in [0.2, 0.25) is 0 Å². The summed E-state index contributed by atoms with van der Waals surface area (Å²) in [7, 11) is 0. The lowest BCUT2D eigenvalue weighted by molar-refractivity contribution is -0.131. The van der Waals surface area contributed by atoms with E-state index in [4.69, 9.17) is 0 Å². The van der Waals surface area contributed by atoms with Gasteiger partial charge in [0.2, 0.25) is 5.91 Å². The number of hydrogen-bond acceptors (Lipinski definition) is 1. The Labute approximate surface area is 80.6 Å². The Hall–Kier alpha value is -0.790. The lowest BCUT2D eigenvalue weighted by atomic mass is 9.94. The van der Waals surface area contributed by atoms with Crippen LogP contribution in [0.5, 0.6) is 0 Å². The van der Waals surface area contributed by atoms with Crippen molar-refractivity contribution in [3.05, 3.63) is 12.7 Å². The van der Waals surface area contributed by atoms with Crippen LogP contribution in [0.4, 0.5) is 0 Å². The highest BCUT2D eigenvalue weighted by atomic mass is 16.2. The fourth-order valence-corrected chi connectivity index (χ4v) is 2.07. The van der Waals surface area contributed by atoms with Crippen molar-refractivity contribution in [3.63, 3.8) is 0 Å². The van der Waals surface area contributed by atoms with E-state index in [2.05, 4.69) is 6.58 Å². The smallest absolute Gasteiger partial charge is 0.219 e. The van der Waals surface area contributed by atoms with Crippen molar-refractivity contribution in [2.24, 2.45) is 0 Å². The van der Waals surface area contributed by atoms with E-state index in [0.717, 1.165) is 0 Å². The number of carbonyl (C=O) groups excluding carboxylic acids is 1. The highest BCUT2D eigenvalue weighted by Gasteiger charge is 2.21. The molecular formula is C11H19NO. The van der Waals surface area contributed by atoms with E-state index >= 15 is 0 Å². The normalized spacial score (nSPS) is 18.2. The molecule has 1 fully saturated rings. The number of carbonyl (C=O) groups is 1. The molecule has 1 aliphatic rings. The maximum atomic E-state index is 11.3. The maximum absolute atomic E-state index is 11.3. The summed E-state index contributed by atoms with van der Waals surface area (Å²) >= 11 is 0. The summed E-state index contributed by atoms with van der Waals surface area (Å²) in [4.78, 5) is 13.3. The van der Waals surface area contributed by atoms with Gasteiger partial charge in [0.05, 0.1) is 0 Å². The third-order valence-corrected chi connectivity index (χ3v) is 2.75. The zero-order valence-electron chi connectivity index (χ0n) is 8.46. The molecule has 0 N–H and O–H groups in total. The first-order valence-corrected chi connectivity index (χ1v) is 5.14. The largest absolute Gasteiger partial charge is 0.336 e. The zero-order valence-corrected chi connectivity index (χ0v) is 8.46. The summed E-state index contributed by atoms with van der Waals surface area (Å²) in [5, 5.41) is 0. The van der Waals surface area contributed by atoms with Gasteiger partial charge in [-0.3, -0.25) is 4.79 Å². The topological polar surface area (TPSA) is 20.3 Å². The molecule has 0 saturated heterocycles. The molecule has 0 atom stereocenters. The molecule has 1 saturated carbocycles. The van der Waals surface area contributed by atoms with Gasteiger partial charge in [-0.25, -0.2) is 0 Å². The number of amides is 1. The van der Waals surface area contributed by atoms with Crippen molar-refractivity contribution in [3.8, 4) is 0 Å². The van der Waals surface area contributed by atoms with Gasteiger partial charge in [-0.1, -0.05) is 25.3 Å². The summed E-state index contributed by atoms with van der Waals surface area (Å²) in [5.74, 6) is 0.187. The molecule has 0 aromatic heterocycles. The predicted octanol–water partition coefficient (Wildman–Crippen LogP) is 2.35. The van der Waals surface area contributed by atoms with E-state index in [1.807, 2.05) is 11.0 Å². The highest BCUT2D eigenvalue weighted by Crippen LogP contribution is 2.22. The minimum Gasteiger partial charge on any atom is -0.336 e. The van der Waals surface area contributed by atoms with E-state index in [1.165, 1.54) is 32.1 Å². The lowest BCUT2D eigenvalue weighted by Gasteiger charge is -2.32. The molecule has 0 aliphatic heterocycles. The van der Waals surface area contributed by atoms with Gasteiger partial charge in [-0.05, 0) is 12.8 Å². The van der Waals surface area contributed by atoms with Crippen LogP contribution in [-0.4, -0.2) is 23.4 Å². The molecule has 0 aromatic rings. The Morgan fingerprint density at radius 3 is 2.54 bits per heavy atom. The molecule has 74 valence electrons. The highest BCUT2D eigenvalue weighted by molar-refractivity contribution is 5.73. The van der Waals surface area contributed by atoms with Crippen LogP contribution in [0, 0.1) is 0 Å². The summed E-state index contributed by atoms with van der Waals surface area (Å²) in [6.45, 7) is 6.04. The minimum atomic E-state index is 0.187. The van der Waals surface area contributed by atoms with Crippen molar-refractivity contribution in [1.82, 2.24) is 4.90 Å². The molecule has 1 rings (SSSR count). The monoisotopic (exact) mass is 181 g/mol. The first-order valence-electron chi connectivity index (χ1n) is 5.14. The summed E-state index contributed by atoms with van der Waals surface area (Å²) in [5.41, 5.74) is 0. The second-order valence-electron chi connectivity index (χ2n) is 3.75. The van der Waals surface area contributed by atoms with Gasteiger partial charge in [-0.15, -0.1) is 6.58 Å². The SMILES string of the molecule is C=CCN(C(C)=O)C1CCCCC1. The van der Waals surface area contributed by atoms with Crippen molar-refractivity contribution < 1.29 is 4.79 Å². The Morgan fingerprint density at radius 2 is 2.08 bits per heavy atom. The van der Waals surface area contributed by atoms with Crippen LogP contribution < -0.4 is 0 Å². The molecule has 0 radical (unpaired) electrons. The van der Waals surface area contributed by atoms with Crippen LogP contribution >= 0.6 is 0 Å².